The van der Waals surface area contributed by atoms with Crippen molar-refractivity contribution in [3.63, 3.8) is 0 Å². The second-order valence-electron chi connectivity index (χ2n) is 5.90. The van der Waals surface area contributed by atoms with Gasteiger partial charge in [-0.25, -0.2) is 22.8 Å². The van der Waals surface area contributed by atoms with Crippen LogP contribution in [0.1, 0.15) is 30.0 Å². The van der Waals surface area contributed by atoms with Gasteiger partial charge in [-0.05, 0) is 38.1 Å². The van der Waals surface area contributed by atoms with Gasteiger partial charge in [0.05, 0.1) is 24.5 Å². The van der Waals surface area contributed by atoms with Crippen molar-refractivity contribution < 1.29 is 41.8 Å². The summed E-state index contributed by atoms with van der Waals surface area (Å²) in [6.07, 6.45) is 0. The Kier molecular flexibility index (Phi) is 11.0. The van der Waals surface area contributed by atoms with Crippen LogP contribution in [0, 0.1) is 28.8 Å². The number of furan rings is 1. The number of rotatable bonds is 4. The summed E-state index contributed by atoms with van der Waals surface area (Å²) in [6, 6.07) is 8.30. The van der Waals surface area contributed by atoms with Crippen LogP contribution in [0.5, 0.6) is 0 Å². The molecule has 3 rings (SSSR count). The van der Waals surface area contributed by atoms with E-state index in [0.717, 1.165) is 12.1 Å². The molecule has 0 aliphatic carbocycles. The molecule has 0 fully saturated rings. The highest BCUT2D eigenvalue weighted by Crippen LogP contribution is 2.29. The highest BCUT2D eigenvalue weighted by atomic mass is 19.1. The molecule has 0 spiro atoms. The summed E-state index contributed by atoms with van der Waals surface area (Å²) in [5, 5.41) is 16.7. The monoisotopic (exact) mass is 466 g/mol. The van der Waals surface area contributed by atoms with Gasteiger partial charge in [0.15, 0.2) is 0 Å². The molecule has 0 atom stereocenters. The molecule has 0 saturated carbocycles. The van der Waals surface area contributed by atoms with Crippen molar-refractivity contribution in [1.82, 2.24) is 0 Å². The summed E-state index contributed by atoms with van der Waals surface area (Å²) in [5.41, 5.74) is 5.98. The minimum absolute atomic E-state index is 0.0811. The third-order valence-electron chi connectivity index (χ3n) is 3.64. The Morgan fingerprint density at radius 2 is 1.67 bits per heavy atom. The lowest BCUT2D eigenvalue weighted by molar-refractivity contribution is -0.146. The number of benzene rings is 2. The maximum Gasteiger partial charge on any atom is 0.376 e. The average molecular weight is 466 g/mol. The highest BCUT2D eigenvalue weighted by Gasteiger charge is 2.19. The zero-order valence-corrected chi connectivity index (χ0v) is 17.7. The number of carbonyl (C=O) groups excluding carboxylic acids is 2. The third kappa shape index (κ3) is 8.19. The van der Waals surface area contributed by atoms with Crippen LogP contribution < -0.4 is 5.73 Å². The Balaban J connectivity index is 0.000000275. The van der Waals surface area contributed by atoms with Gasteiger partial charge in [0.2, 0.25) is 5.76 Å². The first-order valence-electron chi connectivity index (χ1n) is 9.44. The largest absolute Gasteiger partial charge is 0.464 e. The van der Waals surface area contributed by atoms with E-state index >= 15 is 0 Å². The van der Waals surface area contributed by atoms with Gasteiger partial charge in [-0.2, -0.15) is 5.26 Å². The number of aliphatic hydroxyl groups excluding tert-OH is 1. The topological polar surface area (TPSA) is 136 Å². The molecule has 0 radical (unpaired) electrons. The number of halogens is 3. The lowest BCUT2D eigenvalue weighted by Gasteiger charge is -1.97. The number of aliphatic hydroxyl groups is 1. The predicted molar refractivity (Wildman–Crippen MR) is 111 cm³/mol. The first kappa shape index (κ1) is 27.0. The fourth-order valence-corrected chi connectivity index (χ4v) is 2.23. The zero-order valence-electron chi connectivity index (χ0n) is 17.7. The Morgan fingerprint density at radius 1 is 1.06 bits per heavy atom. The number of carbonyl (C=O) groups is 2. The van der Waals surface area contributed by atoms with Crippen LogP contribution in [0.4, 0.5) is 18.9 Å². The molecule has 3 N–H and O–H groups in total. The molecule has 0 amide bonds. The summed E-state index contributed by atoms with van der Waals surface area (Å²) in [4.78, 5) is 21.4. The fraction of sp³-hybridized carbons (Fsp3) is 0.227. The summed E-state index contributed by atoms with van der Waals surface area (Å²) in [5.74, 6) is -3.22. The Morgan fingerprint density at radius 3 is 2.18 bits per heavy atom. The average Bonchev–Trinajstić information content (AvgIpc) is 3.10. The normalized spacial score (nSPS) is 9.61. The Bertz CT molecular complexity index is 1140. The molecular weight excluding hydrogens is 445 g/mol. The number of hydrogen-bond acceptors (Lipinski definition) is 8. The van der Waals surface area contributed by atoms with Crippen molar-refractivity contribution in [2.24, 2.45) is 0 Å². The smallest absolute Gasteiger partial charge is 0.376 e. The molecule has 8 nitrogen and oxygen atoms in total. The van der Waals surface area contributed by atoms with Crippen LogP contribution in [0.2, 0.25) is 0 Å². The maximum atomic E-state index is 12.9. The van der Waals surface area contributed by atoms with Gasteiger partial charge in [0.25, 0.3) is 0 Å². The minimum Gasteiger partial charge on any atom is -0.464 e. The molecule has 0 saturated heterocycles. The molecule has 0 aliphatic heterocycles. The van der Waals surface area contributed by atoms with Gasteiger partial charge in [0.1, 0.15) is 35.7 Å². The molecule has 2 aromatic carbocycles. The summed E-state index contributed by atoms with van der Waals surface area (Å²) in [6.45, 7) is 3.40. The molecule has 0 aliphatic rings. The second-order valence-corrected chi connectivity index (χ2v) is 5.90. The van der Waals surface area contributed by atoms with Crippen molar-refractivity contribution >= 4 is 28.6 Å². The van der Waals surface area contributed by atoms with E-state index < -0.39 is 36.0 Å². The molecule has 1 aromatic heterocycles. The molecule has 11 heteroatoms. The summed E-state index contributed by atoms with van der Waals surface area (Å²) in [7, 11) is 0. The number of ether oxygens (including phenoxy) is 2. The van der Waals surface area contributed by atoms with Crippen molar-refractivity contribution in [2.75, 3.05) is 25.6 Å². The summed E-state index contributed by atoms with van der Waals surface area (Å²) >= 11 is 0. The van der Waals surface area contributed by atoms with E-state index in [4.69, 9.17) is 25.3 Å². The lowest BCUT2D eigenvalue weighted by atomic mass is 10.2. The molecule has 1 heterocycles. The van der Waals surface area contributed by atoms with Gasteiger partial charge in [0, 0.05) is 17.5 Å². The molecule has 33 heavy (non-hydrogen) atoms. The van der Waals surface area contributed by atoms with E-state index in [1.165, 1.54) is 18.2 Å². The van der Waals surface area contributed by atoms with Crippen LogP contribution in [-0.4, -0.2) is 36.9 Å². The van der Waals surface area contributed by atoms with Crippen molar-refractivity contribution in [3.05, 3.63) is 65.2 Å². The Labute approximate surface area is 186 Å². The van der Waals surface area contributed by atoms with Crippen LogP contribution in [0.25, 0.3) is 11.0 Å². The van der Waals surface area contributed by atoms with E-state index in [0.29, 0.717) is 18.1 Å². The number of fused-ring (bicyclic) bond motifs is 1. The van der Waals surface area contributed by atoms with Crippen molar-refractivity contribution in [1.29, 1.82) is 5.26 Å². The van der Waals surface area contributed by atoms with Crippen LogP contribution in [0.15, 0.2) is 40.8 Å². The van der Waals surface area contributed by atoms with Crippen LogP contribution in [0.3, 0.4) is 0 Å². The predicted octanol–water partition coefficient (Wildman–Crippen LogP) is 3.71. The van der Waals surface area contributed by atoms with E-state index in [1.807, 2.05) is 0 Å². The number of nitrogens with zero attached hydrogens (tertiary/aromatic N) is 1. The first-order valence-corrected chi connectivity index (χ1v) is 9.44. The fourth-order valence-electron chi connectivity index (χ4n) is 2.23. The van der Waals surface area contributed by atoms with Crippen LogP contribution >= 0.6 is 0 Å². The molecular formula is C22H21F3N2O6. The minimum atomic E-state index is -0.817. The van der Waals surface area contributed by atoms with Crippen molar-refractivity contribution in [3.8, 4) is 6.07 Å². The quantitative estimate of drug-likeness (QED) is 0.556. The third-order valence-corrected chi connectivity index (χ3v) is 3.64. The zero-order chi connectivity index (χ0) is 25.0. The molecule has 176 valence electrons. The Hall–Kier alpha value is -4.04. The van der Waals surface area contributed by atoms with Gasteiger partial charge in [-0.15, -0.1) is 0 Å². The molecule has 0 bridgehead atoms. The van der Waals surface area contributed by atoms with Gasteiger partial charge >= 0.3 is 11.9 Å². The standard InChI is InChI=1S/C11H10FNO3.C7H3F2N.C4H8O3/c1-2-15-11(14)10-9(13)7-4-3-6(12)5-8(7)16-10;8-6-2-1-5(4-10)7(9)3-6;1-2-7-4(6)3-5/h3-5H,2,13H2,1H3;1-3H;5H,2-3H2,1H3. The lowest BCUT2D eigenvalue weighted by Crippen LogP contribution is -2.07. The van der Waals surface area contributed by atoms with E-state index in [2.05, 4.69) is 4.74 Å². The first-order chi connectivity index (χ1) is 15.7. The second kappa shape index (κ2) is 13.4. The van der Waals surface area contributed by atoms with Crippen LogP contribution in [-0.2, 0) is 14.3 Å². The van der Waals surface area contributed by atoms with E-state index in [9.17, 15) is 22.8 Å². The number of anilines is 1. The number of nitrogens with two attached hydrogens (primary N) is 1. The van der Waals surface area contributed by atoms with E-state index in [1.54, 1.807) is 19.9 Å². The summed E-state index contributed by atoms with van der Waals surface area (Å²) < 4.78 is 51.7. The maximum absolute atomic E-state index is 12.9. The van der Waals surface area contributed by atoms with Gasteiger partial charge < -0.3 is 24.7 Å². The van der Waals surface area contributed by atoms with Gasteiger partial charge in [-0.3, -0.25) is 0 Å². The number of esters is 2. The van der Waals surface area contributed by atoms with Gasteiger partial charge in [-0.1, -0.05) is 0 Å². The molecule has 3 aromatic rings. The number of nitriles is 1. The number of nitrogen functional groups attached to an aromatic ring is 1. The SMILES string of the molecule is CCOC(=O)CO.CCOC(=O)c1oc2cc(F)ccc2c1N.N#Cc1ccc(F)cc1F. The van der Waals surface area contributed by atoms with Crippen molar-refractivity contribution in [2.45, 2.75) is 13.8 Å². The molecule has 0 unspecified atom stereocenters. The van der Waals surface area contributed by atoms with E-state index in [-0.39, 0.29) is 29.2 Å². The number of hydrogen-bond donors (Lipinski definition) is 2. The highest BCUT2D eigenvalue weighted by molar-refractivity contribution is 6.03.